The maximum absolute atomic E-state index is 13.4. The fourth-order valence-corrected chi connectivity index (χ4v) is 2.36. The van der Waals surface area contributed by atoms with Gasteiger partial charge in [-0.05, 0) is 25.1 Å². The molecule has 0 radical (unpaired) electrons. The third kappa shape index (κ3) is 4.56. The first-order valence-electron chi connectivity index (χ1n) is 7.93. The molecular formula is C16H10ClF6N5O2. The molecule has 7 nitrogen and oxygen atoms in total. The molecule has 0 amide bonds. The van der Waals surface area contributed by atoms with E-state index >= 15 is 0 Å². The van der Waals surface area contributed by atoms with Gasteiger partial charge < -0.3 is 15.0 Å². The van der Waals surface area contributed by atoms with Crippen LogP contribution in [0.15, 0.2) is 28.9 Å². The smallest absolute Gasteiger partial charge is 0.425 e. The Kier molecular flexibility index (Phi) is 5.50. The number of nitrogens with zero attached hydrogens (tertiary/aromatic N) is 4. The van der Waals surface area contributed by atoms with Crippen LogP contribution < -0.4 is 10.5 Å². The highest BCUT2D eigenvalue weighted by atomic mass is 35.5. The van der Waals surface area contributed by atoms with Gasteiger partial charge in [0.2, 0.25) is 5.82 Å². The van der Waals surface area contributed by atoms with E-state index in [-0.39, 0.29) is 33.9 Å². The first kappa shape index (κ1) is 21.6. The highest BCUT2D eigenvalue weighted by Crippen LogP contribution is 2.40. The zero-order valence-corrected chi connectivity index (χ0v) is 15.5. The predicted octanol–water partition coefficient (Wildman–Crippen LogP) is 4.78. The van der Waals surface area contributed by atoms with Crippen molar-refractivity contribution in [2.75, 3.05) is 5.73 Å². The van der Waals surface area contributed by atoms with Gasteiger partial charge in [-0.3, -0.25) is 0 Å². The normalized spacial score (nSPS) is 13.3. The molecule has 2 N–H and O–H groups in total. The van der Waals surface area contributed by atoms with Crippen LogP contribution in [0.3, 0.4) is 0 Å². The summed E-state index contributed by atoms with van der Waals surface area (Å²) in [6, 6.07) is 2.30. The molecule has 0 fully saturated rings. The molecule has 14 heteroatoms. The van der Waals surface area contributed by atoms with E-state index in [0.717, 1.165) is 18.3 Å². The summed E-state index contributed by atoms with van der Waals surface area (Å²) in [4.78, 5) is 11.5. The summed E-state index contributed by atoms with van der Waals surface area (Å²) < 4.78 is 87.5. The summed E-state index contributed by atoms with van der Waals surface area (Å²) in [5, 5.41) is 3.53. The summed E-state index contributed by atoms with van der Waals surface area (Å²) in [7, 11) is 0. The van der Waals surface area contributed by atoms with E-state index in [1.807, 2.05) is 0 Å². The fourth-order valence-electron chi connectivity index (χ4n) is 2.22. The minimum absolute atomic E-state index is 0.0369. The van der Waals surface area contributed by atoms with E-state index in [0.29, 0.717) is 13.0 Å². The van der Waals surface area contributed by atoms with E-state index in [2.05, 4.69) is 24.8 Å². The van der Waals surface area contributed by atoms with Gasteiger partial charge in [-0.1, -0.05) is 16.8 Å². The van der Waals surface area contributed by atoms with Crippen LogP contribution in [0.25, 0.3) is 23.0 Å². The number of hydrogen-bond acceptors (Lipinski definition) is 7. The van der Waals surface area contributed by atoms with Crippen molar-refractivity contribution in [3.8, 4) is 28.7 Å². The Labute approximate surface area is 168 Å². The molecule has 0 aliphatic carbocycles. The van der Waals surface area contributed by atoms with Gasteiger partial charge in [0.1, 0.15) is 10.9 Å². The largest absolute Gasteiger partial charge is 0.481 e. The number of alkyl halides is 6. The third-order valence-corrected chi connectivity index (χ3v) is 3.89. The Bertz CT molecular complexity index is 1070. The van der Waals surface area contributed by atoms with Crippen LogP contribution in [0.4, 0.5) is 32.2 Å². The van der Waals surface area contributed by atoms with Crippen LogP contribution in [0.1, 0.15) is 12.5 Å². The molecule has 0 saturated carbocycles. The molecule has 3 rings (SSSR count). The topological polar surface area (TPSA) is 100.0 Å². The van der Waals surface area contributed by atoms with Gasteiger partial charge in [-0.15, -0.1) is 0 Å². The maximum atomic E-state index is 13.4. The molecule has 2 aromatic heterocycles. The third-order valence-electron chi connectivity index (χ3n) is 3.71. The standard InChI is InChI=1S/C16H10ClF6N5O2/c1-6(15(18,19)20)29-9-3-2-7(4-8(9)16(21,22)23)14-27-13(28-30-14)11-12(24)25-5-10(17)26-11/h2-6H,1H3,(H2,24,25)/t6-/m0/s1. The number of aromatic nitrogens is 4. The van der Waals surface area contributed by atoms with Crippen LogP contribution in [0.5, 0.6) is 5.75 Å². The van der Waals surface area contributed by atoms with Crippen LogP contribution in [-0.2, 0) is 6.18 Å². The van der Waals surface area contributed by atoms with E-state index in [1.54, 1.807) is 0 Å². The zero-order chi connectivity index (χ0) is 22.3. The van der Waals surface area contributed by atoms with Crippen molar-refractivity contribution in [2.24, 2.45) is 0 Å². The molecule has 1 atom stereocenters. The van der Waals surface area contributed by atoms with E-state index in [4.69, 9.17) is 21.9 Å². The molecule has 0 bridgehead atoms. The van der Waals surface area contributed by atoms with Crippen LogP contribution in [-0.4, -0.2) is 32.4 Å². The quantitative estimate of drug-likeness (QED) is 0.567. The van der Waals surface area contributed by atoms with Gasteiger partial charge in [0.15, 0.2) is 17.6 Å². The number of nitrogens with two attached hydrogens (primary N) is 1. The fraction of sp³-hybridized carbons (Fsp3) is 0.250. The van der Waals surface area contributed by atoms with Crippen molar-refractivity contribution in [3.05, 3.63) is 35.1 Å². The van der Waals surface area contributed by atoms with Crippen LogP contribution >= 0.6 is 11.6 Å². The lowest BCUT2D eigenvalue weighted by molar-refractivity contribution is -0.191. The molecule has 0 unspecified atom stereocenters. The molecule has 0 saturated heterocycles. The average Bonchev–Trinajstić information content (AvgIpc) is 3.12. The van der Waals surface area contributed by atoms with E-state index in [1.165, 1.54) is 0 Å². The van der Waals surface area contributed by atoms with E-state index < -0.39 is 29.8 Å². The molecule has 160 valence electrons. The maximum Gasteiger partial charge on any atom is 0.425 e. The van der Waals surface area contributed by atoms with Crippen molar-refractivity contribution in [3.63, 3.8) is 0 Å². The minimum Gasteiger partial charge on any atom is -0.481 e. The molecule has 0 aliphatic rings. The lowest BCUT2D eigenvalue weighted by Crippen LogP contribution is -2.31. The Morgan fingerprint density at radius 1 is 1.13 bits per heavy atom. The van der Waals surface area contributed by atoms with Crippen molar-refractivity contribution in [1.82, 2.24) is 20.1 Å². The Morgan fingerprint density at radius 3 is 2.47 bits per heavy atom. The van der Waals surface area contributed by atoms with Gasteiger partial charge in [0.25, 0.3) is 5.89 Å². The molecular weight excluding hydrogens is 444 g/mol. The second kappa shape index (κ2) is 7.63. The summed E-state index contributed by atoms with van der Waals surface area (Å²) in [5.74, 6) is -1.67. The number of nitrogen functional groups attached to an aromatic ring is 1. The Balaban J connectivity index is 2.00. The monoisotopic (exact) mass is 453 g/mol. The summed E-state index contributed by atoms with van der Waals surface area (Å²) in [6.07, 6.45) is -11.1. The lowest BCUT2D eigenvalue weighted by atomic mass is 10.1. The molecule has 30 heavy (non-hydrogen) atoms. The zero-order valence-electron chi connectivity index (χ0n) is 14.7. The first-order valence-corrected chi connectivity index (χ1v) is 8.31. The van der Waals surface area contributed by atoms with Gasteiger partial charge in [0, 0.05) is 5.56 Å². The Morgan fingerprint density at radius 2 is 1.83 bits per heavy atom. The van der Waals surface area contributed by atoms with Gasteiger partial charge >= 0.3 is 12.4 Å². The number of hydrogen-bond donors (Lipinski definition) is 1. The highest BCUT2D eigenvalue weighted by Gasteiger charge is 2.41. The number of benzene rings is 1. The van der Waals surface area contributed by atoms with Gasteiger partial charge in [-0.25, -0.2) is 9.97 Å². The summed E-state index contributed by atoms with van der Waals surface area (Å²) in [6.45, 7) is 0.592. The molecule has 0 aliphatic heterocycles. The number of rotatable bonds is 4. The summed E-state index contributed by atoms with van der Waals surface area (Å²) in [5.41, 5.74) is 3.91. The minimum atomic E-state index is -5.01. The molecule has 0 spiro atoms. The highest BCUT2D eigenvalue weighted by molar-refractivity contribution is 6.29. The second-order valence-corrected chi connectivity index (χ2v) is 6.25. The molecule has 2 heterocycles. The first-order chi connectivity index (χ1) is 13.9. The van der Waals surface area contributed by atoms with Crippen LogP contribution in [0, 0.1) is 0 Å². The van der Waals surface area contributed by atoms with Gasteiger partial charge in [-0.2, -0.15) is 31.3 Å². The van der Waals surface area contributed by atoms with Crippen molar-refractivity contribution < 1.29 is 35.6 Å². The summed E-state index contributed by atoms with van der Waals surface area (Å²) >= 11 is 5.72. The Hall–Kier alpha value is -3.09. The molecule has 1 aromatic carbocycles. The van der Waals surface area contributed by atoms with E-state index in [9.17, 15) is 26.3 Å². The SMILES string of the molecule is C[C@H](Oc1ccc(-c2nc(-c3nc(Cl)cnc3N)no2)cc1C(F)(F)F)C(F)(F)F. The number of ether oxygens (including phenoxy) is 1. The number of halogens is 7. The molecule has 3 aromatic rings. The predicted molar refractivity (Wildman–Crippen MR) is 91.3 cm³/mol. The lowest BCUT2D eigenvalue weighted by Gasteiger charge is -2.20. The van der Waals surface area contributed by atoms with Gasteiger partial charge in [0.05, 0.1) is 11.8 Å². The van der Waals surface area contributed by atoms with Crippen molar-refractivity contribution in [1.29, 1.82) is 0 Å². The number of anilines is 1. The van der Waals surface area contributed by atoms with Crippen molar-refractivity contribution >= 4 is 17.4 Å². The van der Waals surface area contributed by atoms with Crippen LogP contribution in [0.2, 0.25) is 5.15 Å². The second-order valence-electron chi connectivity index (χ2n) is 5.86. The van der Waals surface area contributed by atoms with Crippen molar-refractivity contribution in [2.45, 2.75) is 25.4 Å². The average molecular weight is 454 g/mol.